The summed E-state index contributed by atoms with van der Waals surface area (Å²) in [6, 6.07) is 4.73. The number of benzene rings is 1. The first-order valence-electron chi connectivity index (χ1n) is 4.38. The van der Waals surface area contributed by atoms with Gasteiger partial charge in [0.05, 0.1) is 10.0 Å². The zero-order chi connectivity index (χ0) is 10.8. The average molecular weight is 236 g/mol. The van der Waals surface area contributed by atoms with E-state index in [0.29, 0.717) is 22.0 Å². The maximum atomic E-state index is 14.1. The molecule has 0 radical (unpaired) electrons. The van der Waals surface area contributed by atoms with Crippen molar-refractivity contribution in [2.45, 2.75) is 19.0 Å². The minimum absolute atomic E-state index is 0.0541. The minimum Gasteiger partial charge on any atom is -0.327 e. The predicted octanol–water partition coefficient (Wildman–Crippen LogP) is 3.53. The van der Waals surface area contributed by atoms with Crippen molar-refractivity contribution in [3.63, 3.8) is 0 Å². The number of rotatable bonds is 3. The van der Waals surface area contributed by atoms with Crippen molar-refractivity contribution in [2.75, 3.05) is 6.54 Å². The first kappa shape index (κ1) is 11.8. The fraction of sp³-hybridized carbons (Fsp3) is 0.400. The van der Waals surface area contributed by atoms with Crippen LogP contribution in [0.25, 0.3) is 0 Å². The molecule has 0 fully saturated rings. The second-order valence-corrected chi connectivity index (χ2v) is 3.97. The van der Waals surface area contributed by atoms with Crippen molar-refractivity contribution >= 4 is 23.2 Å². The molecule has 2 N–H and O–H groups in total. The van der Waals surface area contributed by atoms with Crippen LogP contribution in [0.2, 0.25) is 10.0 Å². The summed E-state index contributed by atoms with van der Waals surface area (Å²) in [6.45, 7) is 1.69. The lowest BCUT2D eigenvalue weighted by Gasteiger charge is -2.22. The van der Waals surface area contributed by atoms with Gasteiger partial charge in [-0.15, -0.1) is 0 Å². The van der Waals surface area contributed by atoms with E-state index in [1.54, 1.807) is 19.1 Å². The fourth-order valence-corrected chi connectivity index (χ4v) is 1.54. The van der Waals surface area contributed by atoms with Gasteiger partial charge in [-0.1, -0.05) is 36.2 Å². The van der Waals surface area contributed by atoms with Crippen molar-refractivity contribution in [3.8, 4) is 0 Å². The molecule has 1 atom stereocenters. The molecule has 0 saturated carbocycles. The summed E-state index contributed by atoms with van der Waals surface area (Å²) in [4.78, 5) is 0. The second-order valence-electron chi connectivity index (χ2n) is 3.15. The zero-order valence-corrected chi connectivity index (χ0v) is 9.37. The zero-order valence-electron chi connectivity index (χ0n) is 7.86. The minimum atomic E-state index is -1.51. The van der Waals surface area contributed by atoms with Gasteiger partial charge in [-0.2, -0.15) is 0 Å². The Morgan fingerprint density at radius 3 is 2.43 bits per heavy atom. The van der Waals surface area contributed by atoms with Crippen molar-refractivity contribution in [2.24, 2.45) is 5.73 Å². The van der Waals surface area contributed by atoms with Crippen LogP contribution in [0.1, 0.15) is 18.9 Å². The quantitative estimate of drug-likeness (QED) is 0.853. The van der Waals surface area contributed by atoms with E-state index in [4.69, 9.17) is 28.9 Å². The van der Waals surface area contributed by atoms with Crippen LogP contribution >= 0.6 is 23.2 Å². The average Bonchev–Trinajstić information content (AvgIpc) is 2.21. The smallest absolute Gasteiger partial charge is 0.147 e. The van der Waals surface area contributed by atoms with Crippen LogP contribution in [-0.2, 0) is 5.67 Å². The summed E-state index contributed by atoms with van der Waals surface area (Å²) in [5.74, 6) is 0. The van der Waals surface area contributed by atoms with Gasteiger partial charge in [-0.05, 0) is 24.1 Å². The molecule has 0 heterocycles. The normalized spacial score (nSPS) is 15.2. The van der Waals surface area contributed by atoms with Crippen LogP contribution in [0.15, 0.2) is 18.2 Å². The molecule has 1 aromatic rings. The molecule has 0 amide bonds. The summed E-state index contributed by atoms with van der Waals surface area (Å²) < 4.78 is 14.1. The lowest BCUT2D eigenvalue weighted by molar-refractivity contribution is 0.169. The molecule has 1 aromatic carbocycles. The van der Waals surface area contributed by atoms with Gasteiger partial charge in [0.1, 0.15) is 5.67 Å². The number of hydrogen-bond acceptors (Lipinski definition) is 1. The lowest BCUT2D eigenvalue weighted by atomic mass is 9.93. The van der Waals surface area contributed by atoms with E-state index < -0.39 is 5.67 Å². The van der Waals surface area contributed by atoms with Crippen LogP contribution in [0, 0.1) is 0 Å². The molecular formula is C10H12Cl2FN. The number of hydrogen-bond donors (Lipinski definition) is 1. The second kappa shape index (κ2) is 4.47. The molecule has 0 bridgehead atoms. The lowest BCUT2D eigenvalue weighted by Crippen LogP contribution is -2.29. The summed E-state index contributed by atoms with van der Waals surface area (Å²) >= 11 is 11.5. The van der Waals surface area contributed by atoms with Gasteiger partial charge in [0.15, 0.2) is 0 Å². The Labute approximate surface area is 93.0 Å². The van der Waals surface area contributed by atoms with Crippen LogP contribution in [0.3, 0.4) is 0 Å². The van der Waals surface area contributed by atoms with Crippen LogP contribution in [0.5, 0.6) is 0 Å². The molecule has 0 saturated heterocycles. The number of alkyl halides is 1. The van der Waals surface area contributed by atoms with Crippen molar-refractivity contribution < 1.29 is 4.39 Å². The van der Waals surface area contributed by atoms with Crippen molar-refractivity contribution in [3.05, 3.63) is 33.8 Å². The van der Waals surface area contributed by atoms with Gasteiger partial charge in [0.2, 0.25) is 0 Å². The molecule has 14 heavy (non-hydrogen) atoms. The van der Waals surface area contributed by atoms with Gasteiger partial charge >= 0.3 is 0 Å². The molecular weight excluding hydrogens is 224 g/mol. The molecule has 78 valence electrons. The Morgan fingerprint density at radius 2 is 2.00 bits per heavy atom. The van der Waals surface area contributed by atoms with Gasteiger partial charge < -0.3 is 5.73 Å². The maximum Gasteiger partial charge on any atom is 0.147 e. The van der Waals surface area contributed by atoms with Crippen LogP contribution < -0.4 is 5.73 Å². The van der Waals surface area contributed by atoms with E-state index in [9.17, 15) is 4.39 Å². The Morgan fingerprint density at radius 1 is 1.36 bits per heavy atom. The standard InChI is InChI=1S/C10H12Cl2FN/c1-2-10(13,6-14)7-3-4-8(11)9(12)5-7/h3-5H,2,6,14H2,1H3. The first-order chi connectivity index (χ1) is 6.53. The molecule has 0 aliphatic rings. The van der Waals surface area contributed by atoms with E-state index in [2.05, 4.69) is 0 Å². The van der Waals surface area contributed by atoms with E-state index in [0.717, 1.165) is 0 Å². The van der Waals surface area contributed by atoms with Crippen LogP contribution in [-0.4, -0.2) is 6.54 Å². The highest BCUT2D eigenvalue weighted by molar-refractivity contribution is 6.42. The van der Waals surface area contributed by atoms with E-state index in [-0.39, 0.29) is 6.54 Å². The third-order valence-electron chi connectivity index (χ3n) is 2.32. The predicted molar refractivity (Wildman–Crippen MR) is 58.6 cm³/mol. The van der Waals surface area contributed by atoms with Gasteiger partial charge in [-0.3, -0.25) is 0 Å². The largest absolute Gasteiger partial charge is 0.327 e. The van der Waals surface area contributed by atoms with Crippen molar-refractivity contribution in [1.29, 1.82) is 0 Å². The Bertz CT molecular complexity index is 324. The topological polar surface area (TPSA) is 26.0 Å². The summed E-state index contributed by atoms with van der Waals surface area (Å²) in [7, 11) is 0. The molecule has 0 aromatic heterocycles. The first-order valence-corrected chi connectivity index (χ1v) is 5.13. The SMILES string of the molecule is CCC(F)(CN)c1ccc(Cl)c(Cl)c1. The fourth-order valence-electron chi connectivity index (χ4n) is 1.24. The summed E-state index contributed by atoms with van der Waals surface area (Å²) in [5.41, 5.74) is 4.36. The summed E-state index contributed by atoms with van der Waals surface area (Å²) in [6.07, 6.45) is 0.321. The van der Waals surface area contributed by atoms with E-state index in [1.807, 2.05) is 0 Å². The van der Waals surface area contributed by atoms with Gasteiger partial charge in [0.25, 0.3) is 0 Å². The molecule has 1 rings (SSSR count). The van der Waals surface area contributed by atoms with Gasteiger partial charge in [-0.25, -0.2) is 4.39 Å². The molecule has 4 heteroatoms. The number of nitrogens with two attached hydrogens (primary N) is 1. The molecule has 1 unspecified atom stereocenters. The summed E-state index contributed by atoms with van der Waals surface area (Å²) in [5, 5.41) is 0.777. The molecule has 1 nitrogen and oxygen atoms in total. The third-order valence-corrected chi connectivity index (χ3v) is 3.06. The highest BCUT2D eigenvalue weighted by atomic mass is 35.5. The van der Waals surface area contributed by atoms with Gasteiger partial charge in [0, 0.05) is 6.54 Å². The van der Waals surface area contributed by atoms with Crippen LogP contribution in [0.4, 0.5) is 4.39 Å². The molecule has 0 aliphatic carbocycles. The maximum absolute atomic E-state index is 14.1. The third kappa shape index (κ3) is 2.19. The Balaban J connectivity index is 3.12. The Kier molecular flexibility index (Phi) is 3.76. The highest BCUT2D eigenvalue weighted by Crippen LogP contribution is 2.32. The van der Waals surface area contributed by atoms with E-state index in [1.165, 1.54) is 6.07 Å². The van der Waals surface area contributed by atoms with E-state index >= 15 is 0 Å². The monoisotopic (exact) mass is 235 g/mol. The molecule has 0 aliphatic heterocycles. The number of halogens is 3. The Hall–Kier alpha value is -0.310. The molecule has 0 spiro atoms. The highest BCUT2D eigenvalue weighted by Gasteiger charge is 2.28. The van der Waals surface area contributed by atoms with Crippen molar-refractivity contribution in [1.82, 2.24) is 0 Å².